The number of ether oxygens (including phenoxy) is 1. The molecule has 0 spiro atoms. The van der Waals surface area contributed by atoms with Crippen molar-refractivity contribution in [1.29, 1.82) is 0 Å². The molecule has 0 aromatic heterocycles. The highest BCUT2D eigenvalue weighted by molar-refractivity contribution is 8.26. The van der Waals surface area contributed by atoms with Gasteiger partial charge in [0.15, 0.2) is 0 Å². The Labute approximate surface area is 165 Å². The van der Waals surface area contributed by atoms with E-state index in [1.807, 2.05) is 48.5 Å². The zero-order valence-corrected chi connectivity index (χ0v) is 16.2. The first-order chi connectivity index (χ1) is 12.1. The van der Waals surface area contributed by atoms with E-state index in [1.165, 1.54) is 11.8 Å². The van der Waals surface area contributed by atoms with Crippen molar-refractivity contribution in [2.75, 3.05) is 12.4 Å². The number of hydrogen-bond donors (Lipinski definition) is 1. The Hall–Kier alpha value is -1.47. The van der Waals surface area contributed by atoms with Crippen molar-refractivity contribution >= 4 is 63.6 Å². The number of hydrogen-bond acceptors (Lipinski definition) is 5. The van der Waals surface area contributed by atoms with Gasteiger partial charge in [0.25, 0.3) is 5.91 Å². The van der Waals surface area contributed by atoms with Gasteiger partial charge < -0.3 is 10.1 Å². The standard InChI is InChI=1S/C18H14ClNO2S3/c19-13-5-7-14(8-6-13)24-10-9-22-15-4-2-1-3-12(15)11-16-17(21)20-18(23)25-16/h1-8,11H,9-10H2,(H,20,21,23). The minimum absolute atomic E-state index is 0.164. The molecule has 0 saturated carbocycles. The Balaban J connectivity index is 1.59. The third kappa shape index (κ3) is 5.25. The molecule has 2 aromatic carbocycles. The van der Waals surface area contributed by atoms with Crippen LogP contribution in [0.4, 0.5) is 0 Å². The summed E-state index contributed by atoms with van der Waals surface area (Å²) in [6.45, 7) is 0.561. The van der Waals surface area contributed by atoms with Crippen LogP contribution in [0.5, 0.6) is 5.75 Å². The number of benzene rings is 2. The van der Waals surface area contributed by atoms with Crippen LogP contribution in [0.25, 0.3) is 6.08 Å². The van der Waals surface area contributed by atoms with Crippen LogP contribution >= 0.6 is 47.3 Å². The number of carbonyl (C=O) groups excluding carboxylic acids is 1. The number of nitrogens with one attached hydrogen (secondary N) is 1. The van der Waals surface area contributed by atoms with Gasteiger partial charge in [0.2, 0.25) is 0 Å². The molecule has 1 heterocycles. The second kappa shape index (κ2) is 8.76. The first kappa shape index (κ1) is 18.3. The van der Waals surface area contributed by atoms with Gasteiger partial charge in [-0.1, -0.05) is 53.8 Å². The van der Waals surface area contributed by atoms with Crippen molar-refractivity contribution in [1.82, 2.24) is 5.32 Å². The maximum atomic E-state index is 11.8. The van der Waals surface area contributed by atoms with Crippen molar-refractivity contribution in [3.63, 3.8) is 0 Å². The number of thioether (sulfide) groups is 2. The molecule has 0 atom stereocenters. The van der Waals surface area contributed by atoms with Gasteiger partial charge >= 0.3 is 0 Å². The van der Waals surface area contributed by atoms with Crippen LogP contribution in [0.3, 0.4) is 0 Å². The molecule has 0 unspecified atom stereocenters. The quantitative estimate of drug-likeness (QED) is 0.315. The van der Waals surface area contributed by atoms with Crippen molar-refractivity contribution in [2.45, 2.75) is 4.90 Å². The molecule has 0 bridgehead atoms. The Morgan fingerprint density at radius 3 is 2.68 bits per heavy atom. The van der Waals surface area contributed by atoms with Crippen LogP contribution in [0.2, 0.25) is 5.02 Å². The van der Waals surface area contributed by atoms with Gasteiger partial charge in [0.1, 0.15) is 10.1 Å². The summed E-state index contributed by atoms with van der Waals surface area (Å²) in [5.74, 6) is 1.40. The number of carbonyl (C=O) groups is 1. The van der Waals surface area contributed by atoms with E-state index in [0.717, 1.165) is 27.0 Å². The van der Waals surface area contributed by atoms with E-state index in [4.69, 9.17) is 28.6 Å². The van der Waals surface area contributed by atoms with Gasteiger partial charge in [0, 0.05) is 21.2 Å². The van der Waals surface area contributed by atoms with Crippen LogP contribution in [-0.4, -0.2) is 22.6 Å². The van der Waals surface area contributed by atoms with E-state index in [-0.39, 0.29) is 5.91 Å². The number of thiocarbonyl (C=S) groups is 1. The summed E-state index contributed by atoms with van der Waals surface area (Å²) in [6.07, 6.45) is 1.81. The summed E-state index contributed by atoms with van der Waals surface area (Å²) in [5.41, 5.74) is 0.862. The van der Waals surface area contributed by atoms with Gasteiger partial charge in [-0.25, -0.2) is 0 Å². The maximum Gasteiger partial charge on any atom is 0.263 e. The number of amides is 1. The summed E-state index contributed by atoms with van der Waals surface area (Å²) >= 11 is 13.9. The van der Waals surface area contributed by atoms with E-state index in [1.54, 1.807) is 17.8 Å². The normalized spacial score (nSPS) is 15.5. The number of halogens is 1. The monoisotopic (exact) mass is 407 g/mol. The predicted molar refractivity (Wildman–Crippen MR) is 110 cm³/mol. The molecule has 1 N–H and O–H groups in total. The molecular weight excluding hydrogens is 394 g/mol. The van der Waals surface area contributed by atoms with Gasteiger partial charge in [-0.05, 0) is 36.4 Å². The Bertz CT molecular complexity index is 821. The highest BCUT2D eigenvalue weighted by Crippen LogP contribution is 2.29. The minimum Gasteiger partial charge on any atom is -0.492 e. The van der Waals surface area contributed by atoms with E-state index >= 15 is 0 Å². The average molecular weight is 408 g/mol. The molecule has 0 radical (unpaired) electrons. The lowest BCUT2D eigenvalue weighted by atomic mass is 10.2. The first-order valence-corrected chi connectivity index (χ1v) is 10.1. The van der Waals surface area contributed by atoms with Gasteiger partial charge in [-0.3, -0.25) is 4.79 Å². The number of rotatable bonds is 6. The van der Waals surface area contributed by atoms with Crippen molar-refractivity contribution < 1.29 is 9.53 Å². The van der Waals surface area contributed by atoms with Crippen LogP contribution in [-0.2, 0) is 4.79 Å². The van der Waals surface area contributed by atoms with E-state index in [9.17, 15) is 4.79 Å². The lowest BCUT2D eigenvalue weighted by Crippen LogP contribution is -2.17. The molecule has 1 aliphatic heterocycles. The molecule has 2 aromatic rings. The van der Waals surface area contributed by atoms with Crippen molar-refractivity contribution in [3.8, 4) is 5.75 Å². The fourth-order valence-corrected chi connectivity index (χ4v) is 4.03. The largest absolute Gasteiger partial charge is 0.492 e. The maximum absolute atomic E-state index is 11.8. The van der Waals surface area contributed by atoms with Crippen molar-refractivity contribution in [3.05, 3.63) is 64.0 Å². The summed E-state index contributed by atoms with van der Waals surface area (Å²) in [4.78, 5) is 13.5. The minimum atomic E-state index is -0.164. The molecular formula is C18H14ClNO2S3. The molecule has 25 heavy (non-hydrogen) atoms. The second-order valence-electron chi connectivity index (χ2n) is 5.04. The van der Waals surface area contributed by atoms with Gasteiger partial charge in [0.05, 0.1) is 11.5 Å². The summed E-state index contributed by atoms with van der Waals surface area (Å²) < 4.78 is 6.37. The summed E-state index contributed by atoms with van der Waals surface area (Å²) in [6, 6.07) is 15.4. The molecule has 1 amide bonds. The molecule has 1 aliphatic rings. The summed E-state index contributed by atoms with van der Waals surface area (Å²) in [5, 5.41) is 3.35. The molecule has 3 nitrogen and oxygen atoms in total. The SMILES string of the molecule is O=C1NC(=S)SC1=Cc1ccccc1OCCSc1ccc(Cl)cc1. The fourth-order valence-electron chi connectivity index (χ4n) is 2.14. The first-order valence-electron chi connectivity index (χ1n) is 7.47. The Kier molecular flexibility index (Phi) is 6.42. The van der Waals surface area contributed by atoms with Gasteiger partial charge in [-0.15, -0.1) is 11.8 Å². The molecule has 0 aliphatic carbocycles. The fraction of sp³-hybridized carbons (Fsp3) is 0.111. The van der Waals surface area contributed by atoms with E-state index < -0.39 is 0 Å². The van der Waals surface area contributed by atoms with Crippen LogP contribution in [0, 0.1) is 0 Å². The lowest BCUT2D eigenvalue weighted by Gasteiger charge is -2.09. The highest BCUT2D eigenvalue weighted by atomic mass is 35.5. The predicted octanol–water partition coefficient (Wildman–Crippen LogP) is 5.00. The van der Waals surface area contributed by atoms with Crippen molar-refractivity contribution in [2.24, 2.45) is 0 Å². The molecule has 128 valence electrons. The molecule has 7 heteroatoms. The highest BCUT2D eigenvalue weighted by Gasteiger charge is 2.22. The zero-order valence-electron chi connectivity index (χ0n) is 13.0. The Morgan fingerprint density at radius 1 is 1.20 bits per heavy atom. The Morgan fingerprint density at radius 2 is 1.96 bits per heavy atom. The molecule has 1 saturated heterocycles. The van der Waals surface area contributed by atoms with Crippen LogP contribution < -0.4 is 10.1 Å². The summed E-state index contributed by atoms with van der Waals surface area (Å²) in [7, 11) is 0. The lowest BCUT2D eigenvalue weighted by molar-refractivity contribution is -0.115. The third-order valence-corrected chi connectivity index (χ3v) is 5.66. The van der Waals surface area contributed by atoms with Gasteiger partial charge in [-0.2, -0.15) is 0 Å². The third-order valence-electron chi connectivity index (χ3n) is 3.27. The molecule has 1 fully saturated rings. The number of para-hydroxylation sites is 1. The smallest absolute Gasteiger partial charge is 0.263 e. The van der Waals surface area contributed by atoms with E-state index in [2.05, 4.69) is 5.32 Å². The van der Waals surface area contributed by atoms with Crippen LogP contribution in [0.15, 0.2) is 58.3 Å². The molecule has 3 rings (SSSR count). The van der Waals surface area contributed by atoms with E-state index in [0.29, 0.717) is 15.8 Å². The zero-order chi connectivity index (χ0) is 17.6. The average Bonchev–Trinajstić information content (AvgIpc) is 2.92. The topological polar surface area (TPSA) is 38.3 Å². The van der Waals surface area contributed by atoms with Crippen LogP contribution in [0.1, 0.15) is 5.56 Å². The second-order valence-corrected chi connectivity index (χ2v) is 8.36.